The molecule has 0 saturated heterocycles. The zero-order valence-electron chi connectivity index (χ0n) is 8.97. The number of aromatic hydroxyl groups is 1. The minimum Gasteiger partial charge on any atom is -0.507 e. The number of aromatic nitrogens is 1. The van der Waals surface area contributed by atoms with Crippen LogP contribution < -0.4 is 5.73 Å². The molecule has 1 aromatic heterocycles. The van der Waals surface area contributed by atoms with Gasteiger partial charge in [0.25, 0.3) is 6.01 Å². The number of carboxylic acid groups (broad SMARTS) is 1. The molecule has 2 aromatic rings. The number of benzene rings is 1. The minimum atomic E-state index is -1.21. The number of phenols is 1. The van der Waals surface area contributed by atoms with Crippen LogP contribution in [0.15, 0.2) is 22.6 Å². The van der Waals surface area contributed by atoms with E-state index in [0.717, 1.165) is 0 Å². The lowest BCUT2D eigenvalue weighted by atomic mass is 10.1. The molecule has 4 N–H and O–H groups in total. The van der Waals surface area contributed by atoms with Crippen molar-refractivity contribution in [2.45, 2.75) is 6.92 Å². The molecule has 0 spiro atoms. The molecule has 0 bridgehead atoms. The van der Waals surface area contributed by atoms with Crippen LogP contribution in [-0.4, -0.2) is 21.2 Å². The van der Waals surface area contributed by atoms with Gasteiger partial charge in [0.15, 0.2) is 0 Å². The van der Waals surface area contributed by atoms with E-state index >= 15 is 0 Å². The number of aryl methyl sites for hydroxylation is 1. The SMILES string of the molecule is Cc1oc(N)nc1-c1ccc(O)c(C(=O)O)c1. The van der Waals surface area contributed by atoms with Crippen molar-refractivity contribution in [3.63, 3.8) is 0 Å². The van der Waals surface area contributed by atoms with Crippen molar-refractivity contribution in [3.05, 3.63) is 29.5 Å². The standard InChI is InChI=1S/C11H10N2O4/c1-5-9(13-11(12)17-5)6-2-3-8(14)7(4-6)10(15)16/h2-4,14H,1H3,(H2,12,13)(H,15,16). The molecule has 0 aliphatic carbocycles. The fraction of sp³-hybridized carbons (Fsp3) is 0.0909. The monoisotopic (exact) mass is 234 g/mol. The number of anilines is 1. The van der Waals surface area contributed by atoms with Gasteiger partial charge in [0.1, 0.15) is 22.8 Å². The second kappa shape index (κ2) is 3.82. The van der Waals surface area contributed by atoms with E-state index in [-0.39, 0.29) is 17.3 Å². The number of nitrogen functional groups attached to an aromatic ring is 1. The molecule has 0 unspecified atom stereocenters. The summed E-state index contributed by atoms with van der Waals surface area (Å²) in [6.45, 7) is 1.67. The summed E-state index contributed by atoms with van der Waals surface area (Å²) in [5, 5.41) is 18.3. The number of rotatable bonds is 2. The smallest absolute Gasteiger partial charge is 0.339 e. The Balaban J connectivity index is 2.57. The van der Waals surface area contributed by atoms with E-state index < -0.39 is 5.97 Å². The number of carboxylic acids is 1. The summed E-state index contributed by atoms with van der Waals surface area (Å²) in [4.78, 5) is 14.8. The van der Waals surface area contributed by atoms with Crippen LogP contribution in [0.25, 0.3) is 11.3 Å². The Labute approximate surface area is 96.3 Å². The maximum Gasteiger partial charge on any atom is 0.339 e. The van der Waals surface area contributed by atoms with Crippen molar-refractivity contribution in [3.8, 4) is 17.0 Å². The van der Waals surface area contributed by atoms with E-state index in [2.05, 4.69) is 4.98 Å². The number of oxazole rings is 1. The predicted octanol–water partition coefficient (Wildman–Crippen LogP) is 1.64. The van der Waals surface area contributed by atoms with E-state index in [4.69, 9.17) is 15.3 Å². The highest BCUT2D eigenvalue weighted by molar-refractivity contribution is 5.92. The zero-order valence-corrected chi connectivity index (χ0v) is 8.97. The van der Waals surface area contributed by atoms with E-state index in [1.165, 1.54) is 12.1 Å². The van der Waals surface area contributed by atoms with Gasteiger partial charge in [-0.15, -0.1) is 0 Å². The molecule has 6 nitrogen and oxygen atoms in total. The fourth-order valence-corrected chi connectivity index (χ4v) is 1.54. The summed E-state index contributed by atoms with van der Waals surface area (Å²) in [5.41, 5.74) is 6.20. The molecule has 0 radical (unpaired) electrons. The third-order valence-corrected chi connectivity index (χ3v) is 2.31. The van der Waals surface area contributed by atoms with E-state index in [1.54, 1.807) is 13.0 Å². The van der Waals surface area contributed by atoms with Gasteiger partial charge in [-0.05, 0) is 25.1 Å². The Kier molecular flexibility index (Phi) is 2.47. The molecule has 2 rings (SSSR count). The third-order valence-electron chi connectivity index (χ3n) is 2.31. The molecule has 0 aliphatic rings. The predicted molar refractivity (Wildman–Crippen MR) is 59.7 cm³/mol. The Morgan fingerprint density at radius 1 is 1.47 bits per heavy atom. The Morgan fingerprint density at radius 2 is 2.18 bits per heavy atom. The summed E-state index contributed by atoms with van der Waals surface area (Å²) in [7, 11) is 0. The van der Waals surface area contributed by atoms with Crippen molar-refractivity contribution >= 4 is 12.0 Å². The van der Waals surface area contributed by atoms with Crippen molar-refractivity contribution < 1.29 is 19.4 Å². The molecule has 0 aliphatic heterocycles. The average molecular weight is 234 g/mol. The van der Waals surface area contributed by atoms with Gasteiger partial charge in [0, 0.05) is 5.56 Å². The highest BCUT2D eigenvalue weighted by Crippen LogP contribution is 2.28. The molecule has 0 amide bonds. The first-order valence-electron chi connectivity index (χ1n) is 4.78. The summed E-state index contributed by atoms with van der Waals surface area (Å²) < 4.78 is 5.06. The summed E-state index contributed by atoms with van der Waals surface area (Å²) in [6, 6.07) is 4.18. The summed E-state index contributed by atoms with van der Waals surface area (Å²) in [5.74, 6) is -1.02. The second-order valence-electron chi connectivity index (χ2n) is 3.49. The zero-order chi connectivity index (χ0) is 12.6. The van der Waals surface area contributed by atoms with Crippen LogP contribution in [0.5, 0.6) is 5.75 Å². The topological polar surface area (TPSA) is 110 Å². The van der Waals surface area contributed by atoms with Gasteiger partial charge in [0.2, 0.25) is 0 Å². The van der Waals surface area contributed by atoms with Crippen LogP contribution in [0.2, 0.25) is 0 Å². The summed E-state index contributed by atoms with van der Waals surface area (Å²) in [6.07, 6.45) is 0. The van der Waals surface area contributed by atoms with Gasteiger partial charge in [-0.3, -0.25) is 0 Å². The maximum atomic E-state index is 10.9. The number of hydrogen-bond donors (Lipinski definition) is 3. The molecule has 88 valence electrons. The van der Waals surface area contributed by atoms with Crippen LogP contribution in [0.4, 0.5) is 6.01 Å². The molecule has 0 fully saturated rings. The van der Waals surface area contributed by atoms with Crippen LogP contribution in [0.1, 0.15) is 16.1 Å². The fourth-order valence-electron chi connectivity index (χ4n) is 1.54. The molecule has 0 atom stereocenters. The Hall–Kier alpha value is -2.50. The lowest BCUT2D eigenvalue weighted by Crippen LogP contribution is -1.97. The van der Waals surface area contributed by atoms with Crippen LogP contribution in [0, 0.1) is 6.92 Å². The van der Waals surface area contributed by atoms with E-state index in [1.807, 2.05) is 0 Å². The van der Waals surface area contributed by atoms with Gasteiger partial charge >= 0.3 is 5.97 Å². The van der Waals surface area contributed by atoms with Crippen molar-refractivity contribution in [1.29, 1.82) is 0 Å². The molecule has 6 heteroatoms. The minimum absolute atomic E-state index is 0.0162. The quantitative estimate of drug-likeness (QED) is 0.728. The molecule has 0 saturated carbocycles. The van der Waals surface area contributed by atoms with Gasteiger partial charge in [-0.25, -0.2) is 4.79 Å². The molecular formula is C11H10N2O4. The molecule has 1 heterocycles. The van der Waals surface area contributed by atoms with Crippen LogP contribution in [0.3, 0.4) is 0 Å². The average Bonchev–Trinajstić information content (AvgIpc) is 2.58. The lowest BCUT2D eigenvalue weighted by molar-refractivity contribution is 0.0694. The first-order valence-corrected chi connectivity index (χ1v) is 4.78. The number of aromatic carboxylic acids is 1. The van der Waals surface area contributed by atoms with Crippen molar-refractivity contribution in [2.75, 3.05) is 5.73 Å². The second-order valence-corrected chi connectivity index (χ2v) is 3.49. The van der Waals surface area contributed by atoms with Gasteiger partial charge < -0.3 is 20.4 Å². The number of nitrogens with two attached hydrogens (primary N) is 1. The first kappa shape index (κ1) is 11.0. The molecular weight excluding hydrogens is 224 g/mol. The number of hydrogen-bond acceptors (Lipinski definition) is 5. The van der Waals surface area contributed by atoms with Crippen LogP contribution >= 0.6 is 0 Å². The van der Waals surface area contributed by atoms with Gasteiger partial charge in [-0.1, -0.05) is 0 Å². The number of carbonyl (C=O) groups is 1. The highest BCUT2D eigenvalue weighted by atomic mass is 16.4. The first-order chi connectivity index (χ1) is 7.99. The molecule has 17 heavy (non-hydrogen) atoms. The molecule has 1 aromatic carbocycles. The Morgan fingerprint density at radius 3 is 2.71 bits per heavy atom. The highest BCUT2D eigenvalue weighted by Gasteiger charge is 2.15. The van der Waals surface area contributed by atoms with Crippen LogP contribution in [-0.2, 0) is 0 Å². The largest absolute Gasteiger partial charge is 0.507 e. The van der Waals surface area contributed by atoms with E-state index in [9.17, 15) is 9.90 Å². The normalized spacial score (nSPS) is 10.4. The third kappa shape index (κ3) is 1.92. The maximum absolute atomic E-state index is 10.9. The Bertz CT molecular complexity index is 589. The van der Waals surface area contributed by atoms with E-state index in [0.29, 0.717) is 17.0 Å². The van der Waals surface area contributed by atoms with Gasteiger partial charge in [-0.2, -0.15) is 4.98 Å². The van der Waals surface area contributed by atoms with Crippen molar-refractivity contribution in [2.24, 2.45) is 0 Å². The van der Waals surface area contributed by atoms with Gasteiger partial charge in [0.05, 0.1) is 0 Å². The number of nitrogens with zero attached hydrogens (tertiary/aromatic N) is 1. The van der Waals surface area contributed by atoms with Crippen molar-refractivity contribution in [1.82, 2.24) is 4.98 Å². The lowest BCUT2D eigenvalue weighted by Gasteiger charge is -2.02. The summed E-state index contributed by atoms with van der Waals surface area (Å²) >= 11 is 0.